The molecule has 1 heterocycles. The van der Waals surface area contributed by atoms with Crippen molar-refractivity contribution < 1.29 is 14.3 Å². The molecule has 1 saturated carbocycles. The summed E-state index contributed by atoms with van der Waals surface area (Å²) in [5.41, 5.74) is 0. The van der Waals surface area contributed by atoms with Crippen LogP contribution in [0.2, 0.25) is 0 Å². The van der Waals surface area contributed by atoms with Gasteiger partial charge in [0.15, 0.2) is 0 Å². The van der Waals surface area contributed by atoms with Gasteiger partial charge in [0.2, 0.25) is 11.8 Å². The SMILES string of the molecule is COCC(=O)N1CCCN(C(=O)CCC2CCCCC2)CC1. The lowest BCUT2D eigenvalue weighted by Gasteiger charge is -2.24. The minimum absolute atomic E-state index is 0.0269. The molecule has 2 aliphatic rings. The highest BCUT2D eigenvalue weighted by Crippen LogP contribution is 2.27. The number of ether oxygens (including phenoxy) is 1. The Kier molecular flexibility index (Phi) is 7.16. The molecule has 2 amide bonds. The maximum Gasteiger partial charge on any atom is 0.248 e. The Morgan fingerprint density at radius 3 is 2.18 bits per heavy atom. The molecule has 0 aromatic carbocycles. The Morgan fingerprint density at radius 1 is 0.909 bits per heavy atom. The van der Waals surface area contributed by atoms with Crippen molar-refractivity contribution in [1.82, 2.24) is 9.80 Å². The standard InChI is InChI=1S/C17H30N2O3/c1-22-14-17(21)19-11-5-10-18(12-13-19)16(20)9-8-15-6-3-2-4-7-15/h15H,2-14H2,1H3. The summed E-state index contributed by atoms with van der Waals surface area (Å²) in [4.78, 5) is 28.0. The van der Waals surface area contributed by atoms with Gasteiger partial charge in [-0.25, -0.2) is 0 Å². The molecule has 5 heteroatoms. The van der Waals surface area contributed by atoms with Crippen molar-refractivity contribution in [1.29, 1.82) is 0 Å². The van der Waals surface area contributed by atoms with Gasteiger partial charge >= 0.3 is 0 Å². The summed E-state index contributed by atoms with van der Waals surface area (Å²) < 4.78 is 4.91. The average molecular weight is 310 g/mol. The Hall–Kier alpha value is -1.10. The number of carbonyl (C=O) groups is 2. The van der Waals surface area contributed by atoms with Crippen molar-refractivity contribution >= 4 is 11.8 Å². The Labute approximate surface area is 134 Å². The fraction of sp³-hybridized carbons (Fsp3) is 0.882. The van der Waals surface area contributed by atoms with Crippen LogP contribution in [0.3, 0.4) is 0 Å². The minimum atomic E-state index is 0.0269. The second-order valence-electron chi connectivity index (χ2n) is 6.59. The number of nitrogens with zero attached hydrogens (tertiary/aromatic N) is 2. The third-order valence-electron chi connectivity index (χ3n) is 4.96. The molecule has 0 aromatic heterocycles. The van der Waals surface area contributed by atoms with Crippen molar-refractivity contribution in [3.8, 4) is 0 Å². The summed E-state index contributed by atoms with van der Waals surface area (Å²) in [6, 6.07) is 0. The lowest BCUT2D eigenvalue weighted by molar-refractivity contribution is -0.136. The third kappa shape index (κ3) is 5.27. The van der Waals surface area contributed by atoms with Crippen molar-refractivity contribution in [2.75, 3.05) is 39.9 Å². The van der Waals surface area contributed by atoms with E-state index < -0.39 is 0 Å². The number of hydrogen-bond acceptors (Lipinski definition) is 3. The fourth-order valence-electron chi connectivity index (χ4n) is 3.59. The van der Waals surface area contributed by atoms with E-state index in [1.54, 1.807) is 0 Å². The molecule has 2 fully saturated rings. The van der Waals surface area contributed by atoms with Crippen LogP contribution < -0.4 is 0 Å². The number of rotatable bonds is 5. The Balaban J connectivity index is 1.72. The first-order valence-corrected chi connectivity index (χ1v) is 8.75. The Morgan fingerprint density at radius 2 is 1.55 bits per heavy atom. The van der Waals surface area contributed by atoms with E-state index in [1.165, 1.54) is 39.2 Å². The van der Waals surface area contributed by atoms with Gasteiger partial charge < -0.3 is 14.5 Å². The quantitative estimate of drug-likeness (QED) is 0.781. The average Bonchev–Trinajstić information content (AvgIpc) is 2.80. The van der Waals surface area contributed by atoms with Crippen LogP contribution in [-0.2, 0) is 14.3 Å². The maximum atomic E-state index is 12.4. The summed E-state index contributed by atoms with van der Waals surface area (Å²) >= 11 is 0. The van der Waals surface area contributed by atoms with Crippen LogP contribution in [0.15, 0.2) is 0 Å². The summed E-state index contributed by atoms with van der Waals surface area (Å²) in [7, 11) is 1.54. The van der Waals surface area contributed by atoms with Gasteiger partial charge in [-0.2, -0.15) is 0 Å². The molecule has 1 saturated heterocycles. The lowest BCUT2D eigenvalue weighted by atomic mass is 9.86. The smallest absolute Gasteiger partial charge is 0.248 e. The van der Waals surface area contributed by atoms with Crippen LogP contribution in [0.25, 0.3) is 0 Å². The molecule has 0 aromatic rings. The molecule has 126 valence electrons. The fourth-order valence-corrected chi connectivity index (χ4v) is 3.59. The summed E-state index contributed by atoms with van der Waals surface area (Å²) in [6.45, 7) is 2.95. The van der Waals surface area contributed by atoms with Gasteiger partial charge in [-0.1, -0.05) is 32.1 Å². The van der Waals surface area contributed by atoms with E-state index in [-0.39, 0.29) is 18.4 Å². The molecule has 0 N–H and O–H groups in total. The molecular formula is C17H30N2O3. The summed E-state index contributed by atoms with van der Waals surface area (Å²) in [5.74, 6) is 1.05. The van der Waals surface area contributed by atoms with E-state index >= 15 is 0 Å². The molecule has 0 radical (unpaired) electrons. The zero-order valence-corrected chi connectivity index (χ0v) is 13.9. The van der Waals surface area contributed by atoms with E-state index in [0.717, 1.165) is 31.8 Å². The van der Waals surface area contributed by atoms with Crippen LogP contribution in [0, 0.1) is 5.92 Å². The molecule has 0 bridgehead atoms. The van der Waals surface area contributed by atoms with Gasteiger partial charge in [0, 0.05) is 39.7 Å². The van der Waals surface area contributed by atoms with Gasteiger partial charge in [0.1, 0.15) is 6.61 Å². The first kappa shape index (κ1) is 17.3. The number of carbonyl (C=O) groups excluding carboxylic acids is 2. The zero-order valence-electron chi connectivity index (χ0n) is 13.9. The van der Waals surface area contributed by atoms with Crippen molar-refractivity contribution in [2.24, 2.45) is 5.92 Å². The molecule has 1 aliphatic carbocycles. The van der Waals surface area contributed by atoms with Gasteiger partial charge in [-0.05, 0) is 18.8 Å². The normalized spacial score (nSPS) is 20.8. The van der Waals surface area contributed by atoms with E-state index in [4.69, 9.17) is 4.74 Å². The van der Waals surface area contributed by atoms with Crippen LogP contribution >= 0.6 is 0 Å². The second kappa shape index (κ2) is 9.13. The molecule has 0 atom stereocenters. The second-order valence-corrected chi connectivity index (χ2v) is 6.59. The van der Waals surface area contributed by atoms with E-state index in [9.17, 15) is 9.59 Å². The number of methoxy groups -OCH3 is 1. The van der Waals surface area contributed by atoms with E-state index in [1.807, 2.05) is 9.80 Å². The van der Waals surface area contributed by atoms with Crippen LogP contribution in [-0.4, -0.2) is 61.5 Å². The van der Waals surface area contributed by atoms with Gasteiger partial charge in [0.25, 0.3) is 0 Å². The van der Waals surface area contributed by atoms with Crippen molar-refractivity contribution in [3.63, 3.8) is 0 Å². The highest BCUT2D eigenvalue weighted by molar-refractivity contribution is 5.78. The third-order valence-corrected chi connectivity index (χ3v) is 4.96. The highest BCUT2D eigenvalue weighted by atomic mass is 16.5. The minimum Gasteiger partial charge on any atom is -0.375 e. The van der Waals surface area contributed by atoms with Gasteiger partial charge in [0.05, 0.1) is 0 Å². The largest absolute Gasteiger partial charge is 0.375 e. The van der Waals surface area contributed by atoms with Crippen LogP contribution in [0.5, 0.6) is 0 Å². The van der Waals surface area contributed by atoms with Crippen molar-refractivity contribution in [2.45, 2.75) is 51.4 Å². The van der Waals surface area contributed by atoms with Crippen LogP contribution in [0.4, 0.5) is 0 Å². The van der Waals surface area contributed by atoms with Crippen molar-refractivity contribution in [3.05, 3.63) is 0 Å². The zero-order chi connectivity index (χ0) is 15.8. The van der Waals surface area contributed by atoms with Gasteiger partial charge in [-0.15, -0.1) is 0 Å². The number of amides is 2. The molecule has 2 rings (SSSR count). The number of hydrogen-bond donors (Lipinski definition) is 0. The molecule has 5 nitrogen and oxygen atoms in total. The first-order chi connectivity index (χ1) is 10.7. The molecule has 22 heavy (non-hydrogen) atoms. The van der Waals surface area contributed by atoms with Gasteiger partial charge in [-0.3, -0.25) is 9.59 Å². The molecular weight excluding hydrogens is 280 g/mol. The topological polar surface area (TPSA) is 49.9 Å². The van der Waals surface area contributed by atoms with E-state index in [2.05, 4.69) is 0 Å². The highest BCUT2D eigenvalue weighted by Gasteiger charge is 2.22. The predicted octanol–water partition coefficient (Wildman–Crippen LogP) is 2.05. The molecule has 1 aliphatic heterocycles. The Bertz CT molecular complexity index is 367. The maximum absolute atomic E-state index is 12.4. The molecule has 0 spiro atoms. The molecule has 0 unspecified atom stereocenters. The monoisotopic (exact) mass is 310 g/mol. The predicted molar refractivity (Wildman–Crippen MR) is 85.5 cm³/mol. The lowest BCUT2D eigenvalue weighted by Crippen LogP contribution is -2.38. The summed E-state index contributed by atoms with van der Waals surface area (Å²) in [5, 5.41) is 0. The van der Waals surface area contributed by atoms with Crippen LogP contribution in [0.1, 0.15) is 51.4 Å². The summed E-state index contributed by atoms with van der Waals surface area (Å²) in [6.07, 6.45) is 9.21. The van der Waals surface area contributed by atoms with E-state index in [0.29, 0.717) is 19.5 Å². The first-order valence-electron chi connectivity index (χ1n) is 8.75.